The molecule has 0 saturated heterocycles. The van der Waals surface area contributed by atoms with Crippen LogP contribution in [0.15, 0.2) is 30.3 Å². The van der Waals surface area contributed by atoms with E-state index in [9.17, 15) is 9.59 Å². The first-order chi connectivity index (χ1) is 7.09. The Bertz CT molecular complexity index is 334. The standard InChI is InChI=1S/C6H5.2C2H4O2.In/c1-2-4-6-5-3-1;2*1-2(3)4;/h1-5H;2*1H3,(H,3,4);/q;;;+2/p-2. The third kappa shape index (κ3) is 4.38. The van der Waals surface area contributed by atoms with E-state index in [0.29, 0.717) is 0 Å². The van der Waals surface area contributed by atoms with Gasteiger partial charge >= 0.3 is 97.0 Å². The summed E-state index contributed by atoms with van der Waals surface area (Å²) >= 11 is -3.15. The van der Waals surface area contributed by atoms with Crippen LogP contribution in [0.25, 0.3) is 0 Å². The fourth-order valence-corrected chi connectivity index (χ4v) is 5.24. The first kappa shape index (κ1) is 12.1. The van der Waals surface area contributed by atoms with E-state index < -0.39 is 34.2 Å². The van der Waals surface area contributed by atoms with E-state index in [1.165, 1.54) is 13.8 Å². The molecule has 0 bridgehead atoms. The number of rotatable bonds is 3. The summed E-state index contributed by atoms with van der Waals surface area (Å²) in [7, 11) is 0. The zero-order valence-electron chi connectivity index (χ0n) is 8.60. The average Bonchev–Trinajstić information content (AvgIpc) is 2.17. The van der Waals surface area contributed by atoms with Gasteiger partial charge in [0.1, 0.15) is 0 Å². The first-order valence-electron chi connectivity index (χ1n) is 4.49. The van der Waals surface area contributed by atoms with Crippen molar-refractivity contribution in [3.63, 3.8) is 0 Å². The Morgan fingerprint density at radius 2 is 1.47 bits per heavy atom. The van der Waals surface area contributed by atoms with Crippen molar-refractivity contribution in [2.24, 2.45) is 0 Å². The van der Waals surface area contributed by atoms with Crippen LogP contribution >= 0.6 is 0 Å². The normalized spacial score (nSPS) is 9.20. The van der Waals surface area contributed by atoms with E-state index in [2.05, 4.69) is 0 Å². The molecule has 0 aliphatic heterocycles. The van der Waals surface area contributed by atoms with Crippen molar-refractivity contribution in [1.29, 1.82) is 0 Å². The molecule has 0 unspecified atom stereocenters. The van der Waals surface area contributed by atoms with Crippen LogP contribution in [-0.2, 0) is 15.3 Å². The van der Waals surface area contributed by atoms with E-state index in [1.54, 1.807) is 0 Å². The van der Waals surface area contributed by atoms with Gasteiger partial charge in [0, 0.05) is 0 Å². The molecule has 0 amide bonds. The van der Waals surface area contributed by atoms with Crippen LogP contribution in [0.3, 0.4) is 0 Å². The molecule has 0 atom stereocenters. The fraction of sp³-hybridized carbons (Fsp3) is 0.200. The third-order valence-corrected chi connectivity index (χ3v) is 7.39. The van der Waals surface area contributed by atoms with Gasteiger partial charge in [-0.3, -0.25) is 0 Å². The summed E-state index contributed by atoms with van der Waals surface area (Å²) in [5.41, 5.74) is 0. The molecule has 5 heteroatoms. The van der Waals surface area contributed by atoms with E-state index in [0.717, 1.165) is 3.32 Å². The predicted molar refractivity (Wildman–Crippen MR) is 55.4 cm³/mol. The molecule has 0 aliphatic rings. The number of hydrogen-bond acceptors (Lipinski definition) is 4. The summed E-state index contributed by atoms with van der Waals surface area (Å²) in [6.45, 7) is 2.63. The Kier molecular flexibility index (Phi) is 4.68. The molecule has 15 heavy (non-hydrogen) atoms. The molecule has 0 N–H and O–H groups in total. The topological polar surface area (TPSA) is 52.6 Å². The molecule has 1 aromatic carbocycles. The van der Waals surface area contributed by atoms with Crippen molar-refractivity contribution in [2.45, 2.75) is 13.8 Å². The van der Waals surface area contributed by atoms with Crippen LogP contribution in [0.2, 0.25) is 0 Å². The second-order valence-corrected chi connectivity index (χ2v) is 8.10. The Hall–Kier alpha value is -0.970. The van der Waals surface area contributed by atoms with Crippen molar-refractivity contribution in [3.05, 3.63) is 30.3 Å². The molecular weight excluding hydrogens is 299 g/mol. The SMILES string of the molecule is CC(=O)[O][In]([O]C(C)=O)[c]1ccccc1. The molecule has 78 valence electrons. The fourth-order valence-electron chi connectivity index (χ4n) is 1.07. The third-order valence-electron chi connectivity index (χ3n) is 1.62. The van der Waals surface area contributed by atoms with Gasteiger partial charge in [0.05, 0.1) is 0 Å². The van der Waals surface area contributed by atoms with E-state index in [4.69, 9.17) is 5.71 Å². The number of carbonyl (C=O) groups excluding carboxylic acids is 2. The van der Waals surface area contributed by atoms with Gasteiger partial charge < -0.3 is 0 Å². The Balaban J connectivity index is 2.81. The van der Waals surface area contributed by atoms with Crippen LogP contribution in [0, 0.1) is 0 Å². The molecule has 0 radical (unpaired) electrons. The van der Waals surface area contributed by atoms with Crippen molar-refractivity contribution < 1.29 is 15.3 Å². The molecule has 0 spiro atoms. The van der Waals surface area contributed by atoms with Crippen molar-refractivity contribution in [3.8, 4) is 0 Å². The van der Waals surface area contributed by atoms with E-state index in [-0.39, 0.29) is 0 Å². The average molecular weight is 310 g/mol. The van der Waals surface area contributed by atoms with Crippen LogP contribution in [-0.4, -0.2) is 34.2 Å². The zero-order valence-corrected chi connectivity index (χ0v) is 11.9. The maximum absolute atomic E-state index is 10.8. The van der Waals surface area contributed by atoms with Gasteiger partial charge in [-0.2, -0.15) is 0 Å². The molecule has 0 saturated carbocycles. The van der Waals surface area contributed by atoms with Gasteiger partial charge in [0.25, 0.3) is 0 Å². The quantitative estimate of drug-likeness (QED) is 0.816. The van der Waals surface area contributed by atoms with E-state index in [1.807, 2.05) is 30.3 Å². The monoisotopic (exact) mass is 310 g/mol. The number of benzene rings is 1. The van der Waals surface area contributed by atoms with Gasteiger partial charge in [-0.15, -0.1) is 0 Å². The van der Waals surface area contributed by atoms with Crippen molar-refractivity contribution in [2.75, 3.05) is 0 Å². The minimum atomic E-state index is -3.15. The molecule has 0 aliphatic carbocycles. The summed E-state index contributed by atoms with van der Waals surface area (Å²) in [6.07, 6.45) is 0. The maximum atomic E-state index is 10.8. The van der Waals surface area contributed by atoms with Crippen LogP contribution < -0.4 is 3.32 Å². The Morgan fingerprint density at radius 3 is 1.87 bits per heavy atom. The Morgan fingerprint density at radius 1 is 1.00 bits per heavy atom. The second kappa shape index (κ2) is 5.80. The van der Waals surface area contributed by atoms with Gasteiger partial charge in [0.15, 0.2) is 0 Å². The molecule has 0 fully saturated rings. The number of hydrogen-bond donors (Lipinski definition) is 0. The van der Waals surface area contributed by atoms with Gasteiger partial charge in [-0.05, 0) is 0 Å². The molecular formula is C10H11InO4. The summed E-state index contributed by atoms with van der Waals surface area (Å²) in [6, 6.07) is 9.13. The van der Waals surface area contributed by atoms with Crippen molar-refractivity contribution >= 4 is 37.6 Å². The van der Waals surface area contributed by atoms with E-state index >= 15 is 0 Å². The van der Waals surface area contributed by atoms with Gasteiger partial charge in [-0.25, -0.2) is 0 Å². The summed E-state index contributed by atoms with van der Waals surface area (Å²) < 4.78 is 11.0. The minimum absolute atomic E-state index is 0.402. The second-order valence-electron chi connectivity index (χ2n) is 2.96. The molecule has 0 heterocycles. The molecule has 0 aromatic heterocycles. The summed E-state index contributed by atoms with van der Waals surface area (Å²) in [5.74, 6) is -0.804. The first-order valence-corrected chi connectivity index (χ1v) is 8.83. The van der Waals surface area contributed by atoms with Crippen molar-refractivity contribution in [1.82, 2.24) is 0 Å². The van der Waals surface area contributed by atoms with Crippen LogP contribution in [0.5, 0.6) is 0 Å². The van der Waals surface area contributed by atoms with Gasteiger partial charge in [0.2, 0.25) is 0 Å². The van der Waals surface area contributed by atoms with Crippen LogP contribution in [0.1, 0.15) is 13.8 Å². The molecule has 4 nitrogen and oxygen atoms in total. The summed E-state index contributed by atoms with van der Waals surface area (Å²) in [4.78, 5) is 21.7. The summed E-state index contributed by atoms with van der Waals surface area (Å²) in [5, 5.41) is 0. The predicted octanol–water partition coefficient (Wildman–Crippen LogP) is 0.508. The Labute approximate surface area is 96.9 Å². The molecule has 1 aromatic rings. The van der Waals surface area contributed by atoms with Crippen LogP contribution in [0.4, 0.5) is 0 Å². The number of carbonyl (C=O) groups is 2. The molecule has 1 rings (SSSR count). The zero-order chi connectivity index (χ0) is 11.3. The van der Waals surface area contributed by atoms with Gasteiger partial charge in [-0.1, -0.05) is 0 Å².